The average Bonchev–Trinajstić information content (AvgIpc) is 3.03. The number of carbonyl (C=O) groups excluding carboxylic acids is 1. The standard InChI is InChI=1S/C19H19BrN2O3S/c1-10(2)24-18(23)16-11(3)21-19(26)22-17(16)15-9-8-14(25-15)12-4-6-13(20)7-5-12/h4-10,17H,1-3H3,(H2,21,22,26)/t17-/m1/s1. The lowest BCUT2D eigenvalue weighted by Crippen LogP contribution is -2.45. The highest BCUT2D eigenvalue weighted by atomic mass is 79.9. The molecule has 3 rings (SSSR count). The molecular formula is C19H19BrN2O3S. The van der Waals surface area contributed by atoms with E-state index in [4.69, 9.17) is 21.4 Å². The minimum absolute atomic E-state index is 0.216. The molecule has 1 aliphatic rings. The molecule has 0 radical (unpaired) electrons. The normalized spacial score (nSPS) is 17.1. The van der Waals surface area contributed by atoms with Crippen LogP contribution < -0.4 is 10.6 Å². The van der Waals surface area contributed by atoms with Gasteiger partial charge in [0, 0.05) is 15.7 Å². The van der Waals surface area contributed by atoms with E-state index in [1.165, 1.54) is 0 Å². The third-order valence-electron chi connectivity index (χ3n) is 3.87. The van der Waals surface area contributed by atoms with Gasteiger partial charge in [0.15, 0.2) is 5.11 Å². The van der Waals surface area contributed by atoms with E-state index in [9.17, 15) is 4.79 Å². The second kappa shape index (κ2) is 7.63. The van der Waals surface area contributed by atoms with Crippen molar-refractivity contribution in [1.82, 2.24) is 10.6 Å². The highest BCUT2D eigenvalue weighted by Gasteiger charge is 2.33. The van der Waals surface area contributed by atoms with Gasteiger partial charge in [-0.25, -0.2) is 4.79 Å². The largest absolute Gasteiger partial charge is 0.459 e. The Morgan fingerprint density at radius 3 is 2.58 bits per heavy atom. The van der Waals surface area contributed by atoms with Crippen LogP contribution in [0.1, 0.15) is 32.6 Å². The van der Waals surface area contributed by atoms with Gasteiger partial charge < -0.3 is 19.8 Å². The van der Waals surface area contributed by atoms with Crippen molar-refractivity contribution in [3.63, 3.8) is 0 Å². The Hall–Kier alpha value is -2.12. The van der Waals surface area contributed by atoms with Crippen molar-refractivity contribution in [2.45, 2.75) is 32.9 Å². The molecule has 5 nitrogen and oxygen atoms in total. The van der Waals surface area contributed by atoms with Gasteiger partial charge in [-0.3, -0.25) is 0 Å². The zero-order valence-corrected chi connectivity index (χ0v) is 17.0. The molecule has 7 heteroatoms. The van der Waals surface area contributed by atoms with Gasteiger partial charge in [0.2, 0.25) is 0 Å². The van der Waals surface area contributed by atoms with Crippen LogP contribution in [0.4, 0.5) is 0 Å². The van der Waals surface area contributed by atoms with Crippen LogP contribution in [0.15, 0.2) is 56.6 Å². The maximum absolute atomic E-state index is 12.6. The molecule has 0 aliphatic carbocycles. The lowest BCUT2D eigenvalue weighted by Gasteiger charge is -2.28. The summed E-state index contributed by atoms with van der Waals surface area (Å²) in [6.45, 7) is 5.43. The molecule has 0 bridgehead atoms. The summed E-state index contributed by atoms with van der Waals surface area (Å²) in [5.74, 6) is 0.918. The third kappa shape index (κ3) is 3.99. The number of thiocarbonyl (C=S) groups is 1. The van der Waals surface area contributed by atoms with Crippen molar-refractivity contribution in [3.05, 3.63) is 57.9 Å². The molecule has 0 saturated heterocycles. The van der Waals surface area contributed by atoms with Crippen LogP contribution in [-0.2, 0) is 9.53 Å². The van der Waals surface area contributed by atoms with Gasteiger partial charge in [0.25, 0.3) is 0 Å². The zero-order chi connectivity index (χ0) is 18.8. The van der Waals surface area contributed by atoms with E-state index in [2.05, 4.69) is 26.6 Å². The van der Waals surface area contributed by atoms with Crippen LogP contribution in [0.2, 0.25) is 0 Å². The molecule has 2 N–H and O–H groups in total. The number of allylic oxidation sites excluding steroid dienone is 1. The fourth-order valence-corrected chi connectivity index (χ4v) is 3.27. The molecule has 0 fully saturated rings. The lowest BCUT2D eigenvalue weighted by molar-refractivity contribution is -0.143. The summed E-state index contributed by atoms with van der Waals surface area (Å²) in [5.41, 5.74) is 2.07. The number of esters is 1. The van der Waals surface area contributed by atoms with Gasteiger partial charge in [-0.15, -0.1) is 0 Å². The molecular weight excluding hydrogens is 416 g/mol. The van der Waals surface area contributed by atoms with Crippen molar-refractivity contribution < 1.29 is 13.9 Å². The molecule has 1 aliphatic heterocycles. The van der Waals surface area contributed by atoms with Crippen LogP contribution in [0.25, 0.3) is 11.3 Å². The van der Waals surface area contributed by atoms with Crippen molar-refractivity contribution in [2.24, 2.45) is 0 Å². The molecule has 1 aromatic heterocycles. The highest BCUT2D eigenvalue weighted by molar-refractivity contribution is 9.10. The second-order valence-corrected chi connectivity index (χ2v) is 7.56. The van der Waals surface area contributed by atoms with E-state index in [1.54, 1.807) is 6.92 Å². The Balaban J connectivity index is 1.95. The highest BCUT2D eigenvalue weighted by Crippen LogP contribution is 2.32. The molecule has 0 amide bonds. The number of hydrogen-bond donors (Lipinski definition) is 2. The number of halogens is 1. The molecule has 136 valence electrons. The van der Waals surface area contributed by atoms with E-state index in [0.29, 0.717) is 27.9 Å². The molecule has 2 aromatic rings. The van der Waals surface area contributed by atoms with Gasteiger partial charge in [0.1, 0.15) is 17.6 Å². The molecule has 0 spiro atoms. The number of carbonyl (C=O) groups is 1. The van der Waals surface area contributed by atoms with Gasteiger partial charge in [-0.1, -0.05) is 28.1 Å². The number of benzene rings is 1. The smallest absolute Gasteiger partial charge is 0.338 e. The SMILES string of the molecule is CC1=C(C(=O)OC(C)C)[C@@H](c2ccc(-c3ccc(Br)cc3)o2)NC(=S)N1. The minimum Gasteiger partial charge on any atom is -0.459 e. The number of nitrogens with one attached hydrogen (secondary N) is 2. The number of furan rings is 1. The fraction of sp³-hybridized carbons (Fsp3) is 0.263. The van der Waals surface area contributed by atoms with Crippen LogP contribution in [0.3, 0.4) is 0 Å². The van der Waals surface area contributed by atoms with E-state index >= 15 is 0 Å². The van der Waals surface area contributed by atoms with E-state index < -0.39 is 12.0 Å². The second-order valence-electron chi connectivity index (χ2n) is 6.23. The number of ether oxygens (including phenoxy) is 1. The summed E-state index contributed by atoms with van der Waals surface area (Å²) in [6, 6.07) is 11.0. The predicted octanol–water partition coefficient (Wildman–Crippen LogP) is 4.45. The van der Waals surface area contributed by atoms with Gasteiger partial charge in [-0.05, 0) is 57.3 Å². The van der Waals surface area contributed by atoms with Gasteiger partial charge >= 0.3 is 5.97 Å². The first-order valence-corrected chi connectivity index (χ1v) is 9.40. The van der Waals surface area contributed by atoms with Crippen molar-refractivity contribution in [1.29, 1.82) is 0 Å². The van der Waals surface area contributed by atoms with Crippen LogP contribution in [0.5, 0.6) is 0 Å². The Labute approximate surface area is 165 Å². The Morgan fingerprint density at radius 2 is 1.92 bits per heavy atom. The minimum atomic E-state index is -0.501. The third-order valence-corrected chi connectivity index (χ3v) is 4.62. The lowest BCUT2D eigenvalue weighted by atomic mass is 10.0. The summed E-state index contributed by atoms with van der Waals surface area (Å²) in [4.78, 5) is 12.6. The molecule has 26 heavy (non-hydrogen) atoms. The quantitative estimate of drug-likeness (QED) is 0.547. The Morgan fingerprint density at radius 1 is 1.23 bits per heavy atom. The van der Waals surface area contributed by atoms with Gasteiger partial charge in [-0.2, -0.15) is 0 Å². The number of hydrogen-bond acceptors (Lipinski definition) is 4. The first kappa shape index (κ1) is 18.7. The Bertz CT molecular complexity index is 871. The Kier molecular flexibility index (Phi) is 5.48. The van der Waals surface area contributed by atoms with E-state index in [0.717, 1.165) is 10.0 Å². The summed E-state index contributed by atoms with van der Waals surface area (Å²) in [5, 5.41) is 6.52. The molecule has 2 heterocycles. The summed E-state index contributed by atoms with van der Waals surface area (Å²) in [7, 11) is 0. The zero-order valence-electron chi connectivity index (χ0n) is 14.6. The molecule has 1 atom stereocenters. The maximum atomic E-state index is 12.6. The van der Waals surface area contributed by atoms with Crippen LogP contribution in [0, 0.1) is 0 Å². The molecule has 0 unspecified atom stereocenters. The van der Waals surface area contributed by atoms with E-state index in [-0.39, 0.29) is 6.10 Å². The summed E-state index contributed by atoms with van der Waals surface area (Å²) in [6.07, 6.45) is -0.216. The topological polar surface area (TPSA) is 63.5 Å². The number of rotatable bonds is 4. The molecule has 0 saturated carbocycles. The average molecular weight is 435 g/mol. The summed E-state index contributed by atoms with van der Waals surface area (Å²) < 4.78 is 12.4. The maximum Gasteiger partial charge on any atom is 0.338 e. The van der Waals surface area contributed by atoms with Gasteiger partial charge in [0.05, 0.1) is 11.7 Å². The predicted molar refractivity (Wildman–Crippen MR) is 107 cm³/mol. The van der Waals surface area contributed by atoms with Crippen LogP contribution in [-0.4, -0.2) is 17.2 Å². The van der Waals surface area contributed by atoms with Crippen LogP contribution >= 0.6 is 28.1 Å². The monoisotopic (exact) mass is 434 g/mol. The van der Waals surface area contributed by atoms with Crippen molar-refractivity contribution in [3.8, 4) is 11.3 Å². The first-order chi connectivity index (χ1) is 12.3. The summed E-state index contributed by atoms with van der Waals surface area (Å²) >= 11 is 8.67. The first-order valence-electron chi connectivity index (χ1n) is 8.20. The van der Waals surface area contributed by atoms with E-state index in [1.807, 2.05) is 50.2 Å². The molecule has 1 aromatic carbocycles. The van der Waals surface area contributed by atoms with Crippen molar-refractivity contribution >= 4 is 39.2 Å². The fourth-order valence-electron chi connectivity index (χ4n) is 2.73. The van der Waals surface area contributed by atoms with Crippen molar-refractivity contribution in [2.75, 3.05) is 0 Å².